The molecule has 1 saturated heterocycles. The van der Waals surface area contributed by atoms with Crippen LogP contribution in [0, 0.1) is 5.92 Å². The molecule has 1 saturated carbocycles. The number of likely N-dealkylation sites (tertiary alicyclic amines) is 1. The van der Waals surface area contributed by atoms with Gasteiger partial charge in [-0.3, -0.25) is 4.79 Å². The fraction of sp³-hybridized carbons (Fsp3) is 0.889. The van der Waals surface area contributed by atoms with E-state index in [0.29, 0.717) is 5.92 Å². The van der Waals surface area contributed by atoms with Gasteiger partial charge in [0, 0.05) is 13.1 Å². The lowest BCUT2D eigenvalue weighted by atomic mass is 10.2. The highest BCUT2D eigenvalue weighted by molar-refractivity contribution is 5.82. The lowest BCUT2D eigenvalue weighted by Gasteiger charge is -2.18. The van der Waals surface area contributed by atoms with Gasteiger partial charge in [-0.05, 0) is 31.6 Å². The highest BCUT2D eigenvalue weighted by atomic mass is 16.2. The molecule has 2 rings (SSSR count). The van der Waals surface area contributed by atoms with Gasteiger partial charge < -0.3 is 4.90 Å². The van der Waals surface area contributed by atoms with Crippen LogP contribution >= 0.6 is 0 Å². The highest BCUT2D eigenvalue weighted by Gasteiger charge is 2.36. The van der Waals surface area contributed by atoms with Gasteiger partial charge in [0.1, 0.15) is 6.04 Å². The van der Waals surface area contributed by atoms with Crippen molar-refractivity contribution in [2.75, 3.05) is 13.1 Å². The largest absolute Gasteiger partial charge is 0.341 e. The molecule has 0 bridgehead atoms. The van der Waals surface area contributed by atoms with Crippen LogP contribution in [0.4, 0.5) is 0 Å². The molecule has 1 radical (unpaired) electrons. The number of hydrogen-bond acceptors (Lipinski definition) is 1. The van der Waals surface area contributed by atoms with E-state index in [2.05, 4.69) is 0 Å². The summed E-state index contributed by atoms with van der Waals surface area (Å²) in [6.07, 6.45) is 4.44. The summed E-state index contributed by atoms with van der Waals surface area (Å²) in [4.78, 5) is 13.4. The lowest BCUT2D eigenvalue weighted by molar-refractivity contribution is -0.132. The molecule has 1 amide bonds. The monoisotopic (exact) mass is 167 g/mol. The Morgan fingerprint density at radius 3 is 2.42 bits per heavy atom. The zero-order valence-electron chi connectivity index (χ0n) is 7.25. The van der Waals surface area contributed by atoms with Crippen LogP contribution in [-0.2, 0) is 4.79 Å². The van der Waals surface area contributed by atoms with Crippen LogP contribution < -0.4 is 5.73 Å². The number of carbonyl (C=O) groups is 1. The van der Waals surface area contributed by atoms with Crippen LogP contribution in [0.15, 0.2) is 0 Å². The molecule has 0 aromatic rings. The first kappa shape index (κ1) is 8.05. The van der Waals surface area contributed by atoms with Gasteiger partial charge in [0.15, 0.2) is 0 Å². The Morgan fingerprint density at radius 1 is 1.33 bits per heavy atom. The maximum atomic E-state index is 11.6. The van der Waals surface area contributed by atoms with Crippen LogP contribution in [0.1, 0.15) is 25.7 Å². The van der Waals surface area contributed by atoms with Gasteiger partial charge >= 0.3 is 0 Å². The zero-order chi connectivity index (χ0) is 8.55. The highest BCUT2D eigenvalue weighted by Crippen LogP contribution is 2.33. The Bertz CT molecular complexity index is 179. The molecule has 2 aliphatic rings. The molecule has 12 heavy (non-hydrogen) atoms. The molecular formula is C9H15N2O. The Labute approximate surface area is 72.9 Å². The van der Waals surface area contributed by atoms with Crippen molar-refractivity contribution >= 4 is 5.91 Å². The summed E-state index contributed by atoms with van der Waals surface area (Å²) in [7, 11) is 0. The summed E-state index contributed by atoms with van der Waals surface area (Å²) < 4.78 is 0. The number of rotatable bonds is 2. The third kappa shape index (κ3) is 1.46. The SMILES string of the molecule is [NH]C(C(=O)N1CCCC1)C1CC1. The second kappa shape index (κ2) is 3.05. The van der Waals surface area contributed by atoms with Crippen LogP contribution in [0.2, 0.25) is 0 Å². The third-order valence-corrected chi connectivity index (χ3v) is 2.78. The average molecular weight is 167 g/mol. The fourth-order valence-corrected chi connectivity index (χ4v) is 1.77. The van der Waals surface area contributed by atoms with Crippen molar-refractivity contribution in [1.29, 1.82) is 0 Å². The minimum atomic E-state index is -0.442. The minimum absolute atomic E-state index is 0.0787. The molecule has 1 unspecified atom stereocenters. The van der Waals surface area contributed by atoms with Crippen molar-refractivity contribution in [3.05, 3.63) is 0 Å². The molecule has 3 heteroatoms. The van der Waals surface area contributed by atoms with Crippen molar-refractivity contribution in [1.82, 2.24) is 10.6 Å². The molecule has 1 N–H and O–H groups in total. The van der Waals surface area contributed by atoms with Crippen molar-refractivity contribution in [3.63, 3.8) is 0 Å². The van der Waals surface area contributed by atoms with Gasteiger partial charge in [0.2, 0.25) is 5.91 Å². The maximum absolute atomic E-state index is 11.6. The van der Waals surface area contributed by atoms with Gasteiger partial charge in [-0.1, -0.05) is 0 Å². The number of carbonyl (C=O) groups excluding carboxylic acids is 1. The van der Waals surface area contributed by atoms with E-state index < -0.39 is 6.04 Å². The minimum Gasteiger partial charge on any atom is -0.341 e. The third-order valence-electron chi connectivity index (χ3n) is 2.78. The van der Waals surface area contributed by atoms with Gasteiger partial charge in [-0.25, -0.2) is 5.73 Å². The van der Waals surface area contributed by atoms with Crippen LogP contribution in [-0.4, -0.2) is 29.9 Å². The van der Waals surface area contributed by atoms with E-state index in [1.54, 1.807) is 0 Å². The van der Waals surface area contributed by atoms with Crippen molar-refractivity contribution in [3.8, 4) is 0 Å². The summed E-state index contributed by atoms with van der Waals surface area (Å²) in [6, 6.07) is -0.442. The smallest absolute Gasteiger partial charge is 0.241 e. The number of nitrogens with zero attached hydrogens (tertiary/aromatic N) is 1. The molecule has 1 atom stereocenters. The first-order chi connectivity index (χ1) is 5.79. The van der Waals surface area contributed by atoms with E-state index in [1.807, 2.05) is 4.90 Å². The summed E-state index contributed by atoms with van der Waals surface area (Å²) in [6.45, 7) is 1.78. The van der Waals surface area contributed by atoms with E-state index in [0.717, 1.165) is 38.8 Å². The predicted molar refractivity (Wildman–Crippen MR) is 45.4 cm³/mol. The second-order valence-electron chi connectivity index (χ2n) is 3.85. The van der Waals surface area contributed by atoms with E-state index in [1.165, 1.54) is 0 Å². The molecule has 0 aromatic carbocycles. The van der Waals surface area contributed by atoms with Crippen molar-refractivity contribution < 1.29 is 4.79 Å². The molecule has 0 spiro atoms. The standard InChI is InChI=1S/C9H15N2O/c10-8(7-3-4-7)9(12)11-5-1-2-6-11/h7-8,10H,1-6H2. The normalized spacial score (nSPS) is 25.9. The van der Waals surface area contributed by atoms with Gasteiger partial charge in [0.05, 0.1) is 0 Å². The average Bonchev–Trinajstić information content (AvgIpc) is 2.79. The second-order valence-corrected chi connectivity index (χ2v) is 3.85. The summed E-state index contributed by atoms with van der Waals surface area (Å²) in [5.74, 6) is 0.466. The van der Waals surface area contributed by atoms with Crippen molar-refractivity contribution in [2.45, 2.75) is 31.7 Å². The van der Waals surface area contributed by atoms with Crippen LogP contribution in [0.3, 0.4) is 0 Å². The molecular weight excluding hydrogens is 152 g/mol. The summed E-state index contributed by atoms with van der Waals surface area (Å²) in [5, 5.41) is 0. The molecule has 1 aliphatic carbocycles. The number of nitrogens with one attached hydrogen (secondary N) is 1. The molecule has 3 nitrogen and oxygen atoms in total. The Hall–Kier alpha value is -0.570. The van der Waals surface area contributed by atoms with Crippen molar-refractivity contribution in [2.24, 2.45) is 5.92 Å². The van der Waals surface area contributed by atoms with Gasteiger partial charge in [-0.15, -0.1) is 0 Å². The van der Waals surface area contributed by atoms with E-state index >= 15 is 0 Å². The summed E-state index contributed by atoms with van der Waals surface area (Å²) in [5.41, 5.74) is 7.67. The Kier molecular flexibility index (Phi) is 2.05. The van der Waals surface area contributed by atoms with Crippen LogP contribution in [0.25, 0.3) is 0 Å². The Balaban J connectivity index is 1.88. The Morgan fingerprint density at radius 2 is 1.92 bits per heavy atom. The molecule has 1 heterocycles. The first-order valence-corrected chi connectivity index (χ1v) is 4.79. The quantitative estimate of drug-likeness (QED) is 0.596. The summed E-state index contributed by atoms with van der Waals surface area (Å²) >= 11 is 0. The first-order valence-electron chi connectivity index (χ1n) is 4.79. The molecule has 2 fully saturated rings. The van der Waals surface area contributed by atoms with Gasteiger partial charge in [-0.2, -0.15) is 0 Å². The van der Waals surface area contributed by atoms with E-state index in [-0.39, 0.29) is 5.91 Å². The fourth-order valence-electron chi connectivity index (χ4n) is 1.77. The van der Waals surface area contributed by atoms with E-state index in [9.17, 15) is 4.79 Å². The van der Waals surface area contributed by atoms with E-state index in [4.69, 9.17) is 5.73 Å². The van der Waals surface area contributed by atoms with Crippen LogP contribution in [0.5, 0.6) is 0 Å². The molecule has 1 aliphatic heterocycles. The predicted octanol–water partition coefficient (Wildman–Crippen LogP) is 0.670. The van der Waals surface area contributed by atoms with Gasteiger partial charge in [0.25, 0.3) is 0 Å². The molecule has 0 aromatic heterocycles. The number of amides is 1. The topological polar surface area (TPSA) is 44.1 Å². The zero-order valence-corrected chi connectivity index (χ0v) is 7.25. The lowest BCUT2D eigenvalue weighted by Crippen LogP contribution is -2.39. The molecule has 67 valence electrons. The maximum Gasteiger partial charge on any atom is 0.241 e. The number of hydrogen-bond donors (Lipinski definition) is 0.